The van der Waals surface area contributed by atoms with Gasteiger partial charge < -0.3 is 18.9 Å². The van der Waals surface area contributed by atoms with Crippen LogP contribution in [0.1, 0.15) is 18.1 Å². The zero-order valence-electron chi connectivity index (χ0n) is 17.8. The second-order valence-electron chi connectivity index (χ2n) is 7.89. The monoisotopic (exact) mass is 414 g/mol. The molecule has 2 atom stereocenters. The first-order chi connectivity index (χ1) is 15.2. The van der Waals surface area contributed by atoms with Gasteiger partial charge in [-0.25, -0.2) is 0 Å². The molecule has 1 aliphatic heterocycles. The topological polar surface area (TPSA) is 40.2 Å². The molecule has 0 aliphatic carbocycles. The number of ether oxygens (including phenoxy) is 4. The smallest absolute Gasteiger partial charge is 0.196 e. The molecular formula is C27H26O4. The Morgan fingerprint density at radius 2 is 1.42 bits per heavy atom. The van der Waals surface area contributed by atoms with Crippen LogP contribution >= 0.6 is 0 Å². The van der Waals surface area contributed by atoms with Crippen molar-refractivity contribution in [1.82, 2.24) is 0 Å². The van der Waals surface area contributed by atoms with Gasteiger partial charge in [-0.2, -0.15) is 0 Å². The zero-order chi connectivity index (χ0) is 21.2. The van der Waals surface area contributed by atoms with E-state index in [-0.39, 0.29) is 12.4 Å². The van der Waals surface area contributed by atoms with E-state index in [1.807, 2.05) is 13.0 Å². The van der Waals surface area contributed by atoms with Gasteiger partial charge in [0.2, 0.25) is 0 Å². The Hall–Kier alpha value is -3.08. The summed E-state index contributed by atoms with van der Waals surface area (Å²) in [7, 11) is 1.65. The molecule has 0 spiro atoms. The fraction of sp³-hybridized carbons (Fsp3) is 0.259. The lowest BCUT2D eigenvalue weighted by Crippen LogP contribution is -2.15. The van der Waals surface area contributed by atoms with Crippen LogP contribution in [-0.2, 0) is 15.9 Å². The minimum absolute atomic E-state index is 0.207. The summed E-state index contributed by atoms with van der Waals surface area (Å²) in [6, 6.07) is 25.2. The zero-order valence-corrected chi connectivity index (χ0v) is 17.8. The number of rotatable bonds is 8. The fourth-order valence-electron chi connectivity index (χ4n) is 3.99. The summed E-state index contributed by atoms with van der Waals surface area (Å²) in [5.41, 5.74) is 2.29. The molecule has 4 aromatic rings. The molecule has 1 aliphatic rings. The highest BCUT2D eigenvalue weighted by molar-refractivity contribution is 5.91. The summed E-state index contributed by atoms with van der Waals surface area (Å²) in [4.78, 5) is 0. The van der Waals surface area contributed by atoms with Crippen molar-refractivity contribution in [3.8, 4) is 11.5 Å². The fourth-order valence-corrected chi connectivity index (χ4v) is 3.99. The Balaban J connectivity index is 1.64. The van der Waals surface area contributed by atoms with Gasteiger partial charge in [-0.15, -0.1) is 0 Å². The van der Waals surface area contributed by atoms with Gasteiger partial charge in [-0.1, -0.05) is 60.7 Å². The van der Waals surface area contributed by atoms with Gasteiger partial charge in [0.1, 0.15) is 24.2 Å². The number of epoxide rings is 1. The molecule has 31 heavy (non-hydrogen) atoms. The van der Waals surface area contributed by atoms with Crippen molar-refractivity contribution in [2.24, 2.45) is 0 Å². The Morgan fingerprint density at radius 1 is 0.839 bits per heavy atom. The van der Waals surface area contributed by atoms with Crippen LogP contribution in [0.15, 0.2) is 72.8 Å². The molecule has 4 heteroatoms. The Morgan fingerprint density at radius 3 is 2.03 bits per heavy atom. The Bertz CT molecular complexity index is 1210. The molecule has 4 nitrogen and oxygen atoms in total. The summed E-state index contributed by atoms with van der Waals surface area (Å²) < 4.78 is 23.1. The van der Waals surface area contributed by atoms with E-state index in [0.717, 1.165) is 29.2 Å². The molecule has 0 saturated carbocycles. The van der Waals surface area contributed by atoms with Crippen LogP contribution in [0.5, 0.6) is 11.5 Å². The van der Waals surface area contributed by atoms with Gasteiger partial charge in [0, 0.05) is 24.7 Å². The minimum Gasteiger partial charge on any atom is -0.490 e. The van der Waals surface area contributed by atoms with Crippen molar-refractivity contribution < 1.29 is 18.9 Å². The van der Waals surface area contributed by atoms with Gasteiger partial charge in [0.15, 0.2) is 6.29 Å². The van der Waals surface area contributed by atoms with Crippen molar-refractivity contribution in [2.45, 2.75) is 25.7 Å². The molecular weight excluding hydrogens is 388 g/mol. The van der Waals surface area contributed by atoms with Crippen LogP contribution in [0, 0.1) is 0 Å². The minimum atomic E-state index is -0.338. The predicted octanol–water partition coefficient (Wildman–Crippen LogP) is 5.73. The molecule has 1 heterocycles. The second kappa shape index (κ2) is 8.58. The van der Waals surface area contributed by atoms with Crippen molar-refractivity contribution >= 4 is 21.5 Å². The average Bonchev–Trinajstić information content (AvgIpc) is 3.64. The van der Waals surface area contributed by atoms with Crippen LogP contribution < -0.4 is 9.47 Å². The first-order valence-corrected chi connectivity index (χ1v) is 10.7. The molecule has 0 amide bonds. The molecule has 4 aromatic carbocycles. The summed E-state index contributed by atoms with van der Waals surface area (Å²) >= 11 is 0. The van der Waals surface area contributed by atoms with E-state index in [1.54, 1.807) is 7.11 Å². The second-order valence-corrected chi connectivity index (χ2v) is 7.89. The van der Waals surface area contributed by atoms with Gasteiger partial charge >= 0.3 is 0 Å². The van der Waals surface area contributed by atoms with Crippen LogP contribution in [0.3, 0.4) is 0 Å². The maximum absolute atomic E-state index is 6.21. The number of hydrogen-bond donors (Lipinski definition) is 0. The normalized spacial score (nSPS) is 16.4. The molecule has 0 radical (unpaired) electrons. The molecule has 1 saturated heterocycles. The molecule has 1 fully saturated rings. The first-order valence-electron chi connectivity index (χ1n) is 10.7. The highest BCUT2D eigenvalue weighted by Crippen LogP contribution is 2.36. The van der Waals surface area contributed by atoms with Crippen LogP contribution in [0.4, 0.5) is 0 Å². The van der Waals surface area contributed by atoms with E-state index < -0.39 is 0 Å². The maximum atomic E-state index is 6.21. The summed E-state index contributed by atoms with van der Waals surface area (Å²) in [5.74, 6) is 1.73. The highest BCUT2D eigenvalue weighted by Gasteiger charge is 2.24. The van der Waals surface area contributed by atoms with Gasteiger partial charge in [0.25, 0.3) is 0 Å². The third-order valence-corrected chi connectivity index (χ3v) is 5.80. The predicted molar refractivity (Wildman–Crippen MR) is 123 cm³/mol. The third-order valence-electron chi connectivity index (χ3n) is 5.80. The molecule has 0 aromatic heterocycles. The SMILES string of the molecule is COC(C)Oc1ccc2ccccc2c1Cc1c(OCC2CO2)ccc2ccccc12. The Labute approximate surface area is 182 Å². The highest BCUT2D eigenvalue weighted by atomic mass is 16.7. The van der Waals surface area contributed by atoms with E-state index in [2.05, 4.69) is 66.7 Å². The van der Waals surface area contributed by atoms with E-state index in [9.17, 15) is 0 Å². The van der Waals surface area contributed by atoms with Crippen molar-refractivity contribution in [1.29, 1.82) is 0 Å². The average molecular weight is 415 g/mol. The molecule has 2 unspecified atom stereocenters. The van der Waals surface area contributed by atoms with E-state index in [1.165, 1.54) is 21.5 Å². The van der Waals surface area contributed by atoms with Crippen LogP contribution in [-0.4, -0.2) is 32.7 Å². The summed E-state index contributed by atoms with van der Waals surface area (Å²) in [6.45, 7) is 3.26. The van der Waals surface area contributed by atoms with Crippen molar-refractivity contribution in [2.75, 3.05) is 20.3 Å². The lowest BCUT2D eigenvalue weighted by atomic mass is 9.93. The van der Waals surface area contributed by atoms with Crippen LogP contribution in [0.25, 0.3) is 21.5 Å². The third kappa shape index (κ3) is 4.22. The van der Waals surface area contributed by atoms with E-state index >= 15 is 0 Å². The largest absolute Gasteiger partial charge is 0.490 e. The van der Waals surface area contributed by atoms with Crippen LogP contribution in [0.2, 0.25) is 0 Å². The van der Waals surface area contributed by atoms with Gasteiger partial charge in [-0.05, 0) is 40.6 Å². The molecule has 0 bridgehead atoms. The van der Waals surface area contributed by atoms with E-state index in [4.69, 9.17) is 18.9 Å². The molecule has 0 N–H and O–H groups in total. The van der Waals surface area contributed by atoms with E-state index in [0.29, 0.717) is 13.0 Å². The number of methoxy groups -OCH3 is 1. The molecule has 158 valence electrons. The maximum Gasteiger partial charge on any atom is 0.196 e. The lowest BCUT2D eigenvalue weighted by Gasteiger charge is -2.20. The lowest BCUT2D eigenvalue weighted by molar-refractivity contribution is -0.0386. The van der Waals surface area contributed by atoms with Gasteiger partial charge in [0.05, 0.1) is 6.61 Å². The van der Waals surface area contributed by atoms with Gasteiger partial charge in [-0.3, -0.25) is 0 Å². The first kappa shape index (κ1) is 19.9. The Kier molecular flexibility index (Phi) is 5.49. The van der Waals surface area contributed by atoms with Crippen molar-refractivity contribution in [3.05, 3.63) is 83.9 Å². The number of benzene rings is 4. The summed E-state index contributed by atoms with van der Waals surface area (Å²) in [6.07, 6.45) is 0.559. The molecule has 5 rings (SSSR count). The number of fused-ring (bicyclic) bond motifs is 2. The quantitative estimate of drug-likeness (QED) is 0.273. The summed E-state index contributed by atoms with van der Waals surface area (Å²) in [5, 5.41) is 4.74. The number of hydrogen-bond acceptors (Lipinski definition) is 4. The standard InChI is InChI=1S/C27H26O4/c1-18(28-2)31-27-14-12-20-8-4-6-10-23(20)25(27)15-24-22-9-5-3-7-19(22)11-13-26(24)30-17-21-16-29-21/h3-14,18,21H,15-17H2,1-2H3. The van der Waals surface area contributed by atoms with Crippen molar-refractivity contribution in [3.63, 3.8) is 0 Å².